The van der Waals surface area contributed by atoms with Crippen LogP contribution in [0.2, 0.25) is 0 Å². The highest BCUT2D eigenvalue weighted by atomic mass is 16.1. The zero-order valence-electron chi connectivity index (χ0n) is 15.7. The number of piperidine rings is 1. The van der Waals surface area contributed by atoms with Gasteiger partial charge in [-0.25, -0.2) is 4.68 Å². The molecule has 3 aromatic rings. The van der Waals surface area contributed by atoms with Gasteiger partial charge in [-0.15, -0.1) is 10.2 Å². The lowest BCUT2D eigenvalue weighted by molar-refractivity contribution is -0.116. The lowest BCUT2D eigenvalue weighted by Gasteiger charge is -2.31. The van der Waals surface area contributed by atoms with E-state index in [-0.39, 0.29) is 11.8 Å². The average Bonchev–Trinajstić information content (AvgIpc) is 3.38. The van der Waals surface area contributed by atoms with Crippen LogP contribution in [0, 0.1) is 0 Å². The summed E-state index contributed by atoms with van der Waals surface area (Å²) in [7, 11) is 2.14. The van der Waals surface area contributed by atoms with Crippen LogP contribution in [0.25, 0.3) is 11.4 Å². The molecule has 4 heterocycles. The molecule has 144 valence electrons. The van der Waals surface area contributed by atoms with E-state index in [1.165, 1.54) is 0 Å². The van der Waals surface area contributed by atoms with Crippen LogP contribution in [0.5, 0.6) is 0 Å². The van der Waals surface area contributed by atoms with Crippen LogP contribution < -0.4 is 5.32 Å². The Labute approximate surface area is 162 Å². The maximum Gasteiger partial charge on any atom is 0.226 e. The molecule has 2 N–H and O–H groups in total. The van der Waals surface area contributed by atoms with Crippen molar-refractivity contribution in [3.63, 3.8) is 0 Å². The molecular weight excluding hydrogens is 356 g/mol. The number of nitrogens with one attached hydrogen (secondary N) is 2. The predicted molar refractivity (Wildman–Crippen MR) is 103 cm³/mol. The maximum atomic E-state index is 12.5. The van der Waals surface area contributed by atoms with Crippen molar-refractivity contribution < 1.29 is 4.79 Å². The van der Waals surface area contributed by atoms with E-state index in [9.17, 15) is 4.79 Å². The molecule has 1 amide bonds. The van der Waals surface area contributed by atoms with Crippen molar-refractivity contribution >= 4 is 11.7 Å². The van der Waals surface area contributed by atoms with E-state index in [1.54, 1.807) is 0 Å². The largest absolute Gasteiger partial charge is 0.311 e. The van der Waals surface area contributed by atoms with Gasteiger partial charge in [-0.1, -0.05) is 24.3 Å². The fraction of sp³-hybridized carbons (Fsp3) is 0.421. The number of anilines is 1. The smallest absolute Gasteiger partial charge is 0.226 e. The molecule has 1 saturated heterocycles. The van der Waals surface area contributed by atoms with Crippen LogP contribution in [-0.2, 0) is 4.79 Å². The predicted octanol–water partition coefficient (Wildman–Crippen LogP) is 1.80. The zero-order chi connectivity index (χ0) is 19.1. The zero-order valence-corrected chi connectivity index (χ0v) is 15.7. The number of rotatable bonds is 3. The van der Waals surface area contributed by atoms with E-state index in [4.69, 9.17) is 0 Å². The van der Waals surface area contributed by atoms with Crippen molar-refractivity contribution in [2.24, 2.45) is 0 Å². The topological polar surface area (TPSA) is 105 Å². The summed E-state index contributed by atoms with van der Waals surface area (Å²) in [5.74, 6) is 1.46. The molecule has 1 unspecified atom stereocenters. The molecule has 0 radical (unpaired) electrons. The van der Waals surface area contributed by atoms with Gasteiger partial charge in [-0.05, 0) is 43.8 Å². The average molecular weight is 378 g/mol. The Balaban J connectivity index is 1.45. The second kappa shape index (κ2) is 6.83. The first-order valence-corrected chi connectivity index (χ1v) is 9.58. The Morgan fingerprint density at radius 2 is 1.93 bits per heavy atom. The van der Waals surface area contributed by atoms with Crippen LogP contribution in [-0.4, -0.2) is 61.3 Å². The van der Waals surface area contributed by atoms with Crippen molar-refractivity contribution in [3.05, 3.63) is 41.6 Å². The number of amides is 1. The fourth-order valence-electron chi connectivity index (χ4n) is 4.20. The second-order valence-corrected chi connectivity index (χ2v) is 7.59. The normalized spacial score (nSPS) is 20.8. The fourth-order valence-corrected chi connectivity index (χ4v) is 4.20. The number of aromatic amines is 1. The lowest BCUT2D eigenvalue weighted by Crippen LogP contribution is -2.33. The molecule has 1 atom stereocenters. The molecule has 0 bridgehead atoms. The molecule has 9 heteroatoms. The SMILES string of the molecule is CN1CCC(n2ncc3c2NC(=O)CC3c2ccc(-c3nn[nH]n3)cc2)CC1. The third-order valence-corrected chi connectivity index (χ3v) is 5.80. The molecule has 2 aliphatic heterocycles. The first kappa shape index (κ1) is 17.1. The number of fused-ring (bicyclic) bond motifs is 1. The van der Waals surface area contributed by atoms with E-state index in [0.717, 1.165) is 48.4 Å². The summed E-state index contributed by atoms with van der Waals surface area (Å²) in [6.45, 7) is 2.10. The van der Waals surface area contributed by atoms with Crippen LogP contribution in [0.3, 0.4) is 0 Å². The van der Waals surface area contributed by atoms with Gasteiger partial charge < -0.3 is 10.2 Å². The van der Waals surface area contributed by atoms with E-state index < -0.39 is 0 Å². The number of tetrazole rings is 1. The minimum absolute atomic E-state index is 0.00285. The number of aromatic nitrogens is 6. The molecule has 1 fully saturated rings. The van der Waals surface area contributed by atoms with Gasteiger partial charge in [0.2, 0.25) is 11.7 Å². The summed E-state index contributed by atoms with van der Waals surface area (Å²) in [6, 6.07) is 8.33. The third-order valence-electron chi connectivity index (χ3n) is 5.80. The number of carbonyl (C=O) groups is 1. The molecule has 28 heavy (non-hydrogen) atoms. The Morgan fingerprint density at radius 3 is 2.64 bits per heavy atom. The van der Waals surface area contributed by atoms with Crippen LogP contribution >= 0.6 is 0 Å². The number of likely N-dealkylation sites (tertiary alicyclic amines) is 1. The van der Waals surface area contributed by atoms with Crippen LogP contribution in [0.1, 0.15) is 42.3 Å². The summed E-state index contributed by atoms with van der Waals surface area (Å²) in [4.78, 5) is 14.8. The number of benzene rings is 1. The number of H-pyrrole nitrogens is 1. The van der Waals surface area contributed by atoms with Crippen molar-refractivity contribution in [1.29, 1.82) is 0 Å². The molecule has 2 aliphatic rings. The van der Waals surface area contributed by atoms with E-state index >= 15 is 0 Å². The minimum Gasteiger partial charge on any atom is -0.311 e. The quantitative estimate of drug-likeness (QED) is 0.720. The molecule has 0 spiro atoms. The van der Waals surface area contributed by atoms with Crippen molar-refractivity contribution in [2.45, 2.75) is 31.2 Å². The Bertz CT molecular complexity index is 970. The van der Waals surface area contributed by atoms with E-state index in [1.807, 2.05) is 35.1 Å². The number of nitrogens with zero attached hydrogens (tertiary/aromatic N) is 6. The highest BCUT2D eigenvalue weighted by Gasteiger charge is 2.32. The summed E-state index contributed by atoms with van der Waals surface area (Å²) >= 11 is 0. The van der Waals surface area contributed by atoms with Crippen molar-refractivity contribution in [3.8, 4) is 11.4 Å². The number of carbonyl (C=O) groups excluding carboxylic acids is 1. The Kier molecular flexibility index (Phi) is 4.16. The lowest BCUT2D eigenvalue weighted by atomic mass is 9.87. The monoisotopic (exact) mass is 378 g/mol. The van der Waals surface area contributed by atoms with Crippen LogP contribution in [0.4, 0.5) is 5.82 Å². The molecular formula is C19H22N8O. The van der Waals surface area contributed by atoms with Gasteiger partial charge >= 0.3 is 0 Å². The van der Waals surface area contributed by atoms with Gasteiger partial charge in [0.15, 0.2) is 0 Å². The van der Waals surface area contributed by atoms with Crippen LogP contribution in [0.15, 0.2) is 30.5 Å². The van der Waals surface area contributed by atoms with Gasteiger partial charge in [-0.3, -0.25) is 4.79 Å². The molecule has 5 rings (SSSR count). The van der Waals surface area contributed by atoms with Crippen molar-refractivity contribution in [2.75, 3.05) is 25.5 Å². The summed E-state index contributed by atoms with van der Waals surface area (Å²) in [6.07, 6.45) is 4.44. The maximum absolute atomic E-state index is 12.5. The molecule has 0 saturated carbocycles. The van der Waals surface area contributed by atoms with E-state index in [0.29, 0.717) is 18.3 Å². The highest BCUT2D eigenvalue weighted by molar-refractivity contribution is 5.94. The van der Waals surface area contributed by atoms with Gasteiger partial charge in [0, 0.05) is 23.5 Å². The first-order valence-electron chi connectivity index (χ1n) is 9.58. The van der Waals surface area contributed by atoms with Gasteiger partial charge in [0.25, 0.3) is 0 Å². The summed E-state index contributed by atoms with van der Waals surface area (Å²) in [5, 5.41) is 21.8. The molecule has 2 aromatic heterocycles. The van der Waals surface area contributed by atoms with Crippen molar-refractivity contribution in [1.82, 2.24) is 35.3 Å². The Morgan fingerprint density at radius 1 is 1.14 bits per heavy atom. The first-order chi connectivity index (χ1) is 13.7. The van der Waals surface area contributed by atoms with Gasteiger partial charge in [-0.2, -0.15) is 10.3 Å². The number of hydrogen-bond acceptors (Lipinski definition) is 6. The highest BCUT2D eigenvalue weighted by Crippen LogP contribution is 2.39. The molecule has 9 nitrogen and oxygen atoms in total. The third kappa shape index (κ3) is 2.97. The molecule has 1 aromatic carbocycles. The number of hydrogen-bond donors (Lipinski definition) is 2. The van der Waals surface area contributed by atoms with Gasteiger partial charge in [0.1, 0.15) is 5.82 Å². The minimum atomic E-state index is 0.00285. The Hall–Kier alpha value is -3.07. The molecule has 0 aliphatic carbocycles. The summed E-state index contributed by atoms with van der Waals surface area (Å²) in [5.41, 5.74) is 3.07. The van der Waals surface area contributed by atoms with Gasteiger partial charge in [0.05, 0.1) is 12.2 Å². The standard InChI is InChI=1S/C19H22N8O/c1-26-8-6-14(7-9-26)27-19-16(11-20-27)15(10-17(28)21-19)12-2-4-13(5-3-12)18-22-24-25-23-18/h2-5,11,14-15H,6-10H2,1H3,(H,21,28)(H,22,23,24,25). The second-order valence-electron chi connectivity index (χ2n) is 7.59. The van der Waals surface area contributed by atoms with E-state index in [2.05, 4.69) is 43.0 Å². The summed E-state index contributed by atoms with van der Waals surface area (Å²) < 4.78 is 2.03.